The summed E-state index contributed by atoms with van der Waals surface area (Å²) < 4.78 is 0. The quantitative estimate of drug-likeness (QED) is 0.483. The molecule has 0 aliphatic carbocycles. The lowest BCUT2D eigenvalue weighted by Gasteiger charge is -2.15. The van der Waals surface area contributed by atoms with E-state index in [1.165, 1.54) is 24.3 Å². The molecule has 0 bridgehead atoms. The highest BCUT2D eigenvalue weighted by Gasteiger charge is 2.07. The van der Waals surface area contributed by atoms with Gasteiger partial charge < -0.3 is 10.2 Å². The maximum atomic E-state index is 11.3. The Labute approximate surface area is 84.8 Å². The molecule has 0 atom stereocenters. The first-order valence-corrected chi connectivity index (χ1v) is 3.91. The summed E-state index contributed by atoms with van der Waals surface area (Å²) in [6.07, 6.45) is 0.460. The number of nitrogens with zero attached hydrogens (tertiary/aromatic N) is 1. The lowest BCUT2D eigenvalue weighted by atomic mass is 10.1. The van der Waals surface area contributed by atoms with Crippen LogP contribution in [0.5, 0.6) is 0 Å². The van der Waals surface area contributed by atoms with Gasteiger partial charge in [-0.15, -0.1) is 5.23 Å². The zero-order valence-electron chi connectivity index (χ0n) is 7.49. The van der Waals surface area contributed by atoms with Gasteiger partial charge in [0.1, 0.15) is 0 Å². The summed E-state index contributed by atoms with van der Waals surface area (Å²) in [6.45, 7) is 0. The molecule has 0 saturated heterocycles. The SMILES string of the molecule is O=C(O)c1ccccc1C([O-])=CN(O)O. The normalized spacial score (nSPS) is 11.2. The first-order chi connectivity index (χ1) is 7.02. The Kier molecular flexibility index (Phi) is 3.27. The predicted octanol–water partition coefficient (Wildman–Crippen LogP) is 0.124. The molecule has 0 radical (unpaired) electrons. The molecule has 3 N–H and O–H groups in total. The Bertz CT molecular complexity index is 399. The summed E-state index contributed by atoms with van der Waals surface area (Å²) in [5.41, 5.74) is -0.307. The van der Waals surface area contributed by atoms with Crippen LogP contribution in [-0.2, 0) is 0 Å². The van der Waals surface area contributed by atoms with E-state index in [-0.39, 0.29) is 11.1 Å². The highest BCUT2D eigenvalue weighted by Crippen LogP contribution is 2.14. The topological polar surface area (TPSA) is 104 Å². The van der Waals surface area contributed by atoms with Crippen molar-refractivity contribution in [1.82, 2.24) is 5.23 Å². The molecule has 15 heavy (non-hydrogen) atoms. The van der Waals surface area contributed by atoms with Crippen LogP contribution in [0.15, 0.2) is 30.5 Å². The van der Waals surface area contributed by atoms with Crippen LogP contribution >= 0.6 is 0 Å². The predicted molar refractivity (Wildman–Crippen MR) is 46.8 cm³/mol. The van der Waals surface area contributed by atoms with Crippen molar-refractivity contribution < 1.29 is 25.4 Å². The van der Waals surface area contributed by atoms with Crippen LogP contribution in [0.1, 0.15) is 15.9 Å². The van der Waals surface area contributed by atoms with Gasteiger partial charge in [-0.1, -0.05) is 24.0 Å². The van der Waals surface area contributed by atoms with Gasteiger partial charge in [0.05, 0.1) is 11.8 Å². The van der Waals surface area contributed by atoms with Gasteiger partial charge >= 0.3 is 5.97 Å². The Hall–Kier alpha value is -2.05. The largest absolute Gasteiger partial charge is 0.871 e. The van der Waals surface area contributed by atoms with Crippen LogP contribution in [0.3, 0.4) is 0 Å². The molecule has 0 heterocycles. The van der Waals surface area contributed by atoms with E-state index < -0.39 is 17.0 Å². The molecule has 80 valence electrons. The van der Waals surface area contributed by atoms with Crippen LogP contribution in [0, 0.1) is 0 Å². The number of carboxylic acids is 1. The van der Waals surface area contributed by atoms with Crippen molar-refractivity contribution in [3.63, 3.8) is 0 Å². The Morgan fingerprint density at radius 2 is 1.80 bits per heavy atom. The van der Waals surface area contributed by atoms with Gasteiger partial charge in [-0.05, 0) is 11.6 Å². The van der Waals surface area contributed by atoms with Crippen molar-refractivity contribution in [3.8, 4) is 0 Å². The third-order valence-corrected chi connectivity index (χ3v) is 1.66. The maximum Gasteiger partial charge on any atom is 0.336 e. The van der Waals surface area contributed by atoms with Gasteiger partial charge in [-0.2, -0.15) is 0 Å². The highest BCUT2D eigenvalue weighted by molar-refractivity contribution is 5.92. The molecule has 6 nitrogen and oxygen atoms in total. The zero-order chi connectivity index (χ0) is 11.4. The van der Waals surface area contributed by atoms with Crippen molar-refractivity contribution >= 4 is 11.7 Å². The fourth-order valence-corrected chi connectivity index (χ4v) is 1.06. The number of carbonyl (C=O) groups is 1. The fourth-order valence-electron chi connectivity index (χ4n) is 1.06. The first-order valence-electron chi connectivity index (χ1n) is 3.91. The molecule has 0 unspecified atom stereocenters. The molecule has 1 rings (SSSR count). The minimum absolute atomic E-state index is 0.113. The third kappa shape index (κ3) is 2.70. The molecule has 0 fully saturated rings. The van der Waals surface area contributed by atoms with E-state index in [9.17, 15) is 9.90 Å². The molecule has 0 spiro atoms. The molecule has 6 heteroatoms. The lowest BCUT2D eigenvalue weighted by Crippen LogP contribution is -2.13. The lowest BCUT2D eigenvalue weighted by molar-refractivity contribution is -0.283. The van der Waals surface area contributed by atoms with Crippen LogP contribution in [-0.4, -0.2) is 26.7 Å². The number of hydrogen-bond acceptors (Lipinski definition) is 5. The van der Waals surface area contributed by atoms with E-state index >= 15 is 0 Å². The van der Waals surface area contributed by atoms with Gasteiger partial charge in [0.25, 0.3) is 0 Å². The van der Waals surface area contributed by atoms with Gasteiger partial charge in [0.15, 0.2) is 0 Å². The Balaban J connectivity index is 3.19. The number of hydroxylamine groups is 2. The molecule has 0 aliphatic rings. The smallest absolute Gasteiger partial charge is 0.336 e. The molecular weight excluding hydrogens is 202 g/mol. The van der Waals surface area contributed by atoms with Gasteiger partial charge in [-0.3, -0.25) is 10.4 Å². The van der Waals surface area contributed by atoms with Crippen LogP contribution in [0.25, 0.3) is 5.76 Å². The molecule has 0 aliphatic heterocycles. The monoisotopic (exact) mass is 210 g/mol. The van der Waals surface area contributed by atoms with Crippen molar-refractivity contribution in [2.75, 3.05) is 0 Å². The highest BCUT2D eigenvalue weighted by atomic mass is 16.8. The van der Waals surface area contributed by atoms with Gasteiger partial charge in [0.2, 0.25) is 0 Å². The maximum absolute atomic E-state index is 11.3. The Morgan fingerprint density at radius 1 is 1.27 bits per heavy atom. The van der Waals surface area contributed by atoms with E-state index in [2.05, 4.69) is 0 Å². The van der Waals surface area contributed by atoms with Crippen LogP contribution < -0.4 is 5.11 Å². The van der Waals surface area contributed by atoms with E-state index in [1.54, 1.807) is 0 Å². The van der Waals surface area contributed by atoms with Crippen molar-refractivity contribution in [3.05, 3.63) is 41.6 Å². The van der Waals surface area contributed by atoms with Gasteiger partial charge in [0, 0.05) is 0 Å². The molecular formula is C9H8NO5-. The fraction of sp³-hybridized carbons (Fsp3) is 0. The van der Waals surface area contributed by atoms with E-state index in [4.69, 9.17) is 15.5 Å². The molecule has 0 saturated carbocycles. The third-order valence-electron chi connectivity index (χ3n) is 1.66. The minimum atomic E-state index is -1.25. The molecule has 1 aromatic rings. The average Bonchev–Trinajstić information content (AvgIpc) is 2.16. The summed E-state index contributed by atoms with van der Waals surface area (Å²) >= 11 is 0. The minimum Gasteiger partial charge on any atom is -0.871 e. The Morgan fingerprint density at radius 3 is 2.27 bits per heavy atom. The summed E-state index contributed by atoms with van der Waals surface area (Å²) in [5, 5.41) is 36.4. The van der Waals surface area contributed by atoms with Crippen LogP contribution in [0.2, 0.25) is 0 Å². The molecule has 0 amide bonds. The number of benzene rings is 1. The average molecular weight is 210 g/mol. The van der Waals surface area contributed by atoms with Crippen molar-refractivity contribution in [2.24, 2.45) is 0 Å². The number of hydrogen-bond donors (Lipinski definition) is 3. The number of carboxylic acid groups (broad SMARTS) is 1. The summed E-state index contributed by atoms with van der Waals surface area (Å²) in [5.74, 6) is -2.06. The summed E-state index contributed by atoms with van der Waals surface area (Å²) in [6, 6.07) is 5.48. The number of rotatable bonds is 3. The number of aromatic carboxylic acids is 1. The van der Waals surface area contributed by atoms with Crippen molar-refractivity contribution in [1.29, 1.82) is 0 Å². The molecule has 1 aromatic carbocycles. The summed E-state index contributed by atoms with van der Waals surface area (Å²) in [4.78, 5) is 10.7. The second kappa shape index (κ2) is 4.45. The van der Waals surface area contributed by atoms with Crippen LogP contribution in [0.4, 0.5) is 0 Å². The van der Waals surface area contributed by atoms with E-state index in [1.807, 2.05) is 0 Å². The van der Waals surface area contributed by atoms with E-state index in [0.717, 1.165) is 0 Å². The first kappa shape index (κ1) is 11.0. The van der Waals surface area contributed by atoms with Gasteiger partial charge in [-0.25, -0.2) is 4.79 Å². The molecule has 0 aromatic heterocycles. The second-order valence-electron chi connectivity index (χ2n) is 2.66. The zero-order valence-corrected chi connectivity index (χ0v) is 7.49. The standard InChI is InChI=1S/C9H9NO5/c11-8(5-10(14)15)6-3-1-2-4-7(6)9(12)13/h1-5,11,14-15H,(H,12,13)/p-1. The van der Waals surface area contributed by atoms with Crippen molar-refractivity contribution in [2.45, 2.75) is 0 Å². The van der Waals surface area contributed by atoms with E-state index in [0.29, 0.717) is 6.20 Å². The second-order valence-corrected chi connectivity index (χ2v) is 2.66. The summed E-state index contributed by atoms with van der Waals surface area (Å²) in [7, 11) is 0.